The van der Waals surface area contributed by atoms with Crippen molar-refractivity contribution < 1.29 is 4.79 Å². The molecule has 2 amide bonds. The number of amides is 2. The van der Waals surface area contributed by atoms with Crippen LogP contribution in [0.15, 0.2) is 18.2 Å². The second kappa shape index (κ2) is 7.91. The van der Waals surface area contributed by atoms with Gasteiger partial charge in [0.15, 0.2) is 5.13 Å². The van der Waals surface area contributed by atoms with Crippen LogP contribution in [-0.2, 0) is 19.5 Å². The van der Waals surface area contributed by atoms with Gasteiger partial charge in [-0.2, -0.15) is 0 Å². The fourth-order valence-electron chi connectivity index (χ4n) is 2.73. The van der Waals surface area contributed by atoms with Gasteiger partial charge in [0.25, 0.3) is 0 Å². The van der Waals surface area contributed by atoms with E-state index in [1.165, 1.54) is 16.2 Å². The minimum absolute atomic E-state index is 0.0938. The standard InChI is InChI=1S/C17H20Cl2N4OS/c1-10(2)20-16(24)22-17-21-14-5-6-23(9-15(14)25-17)8-11-3-4-12(18)13(19)7-11/h3-4,7,10H,5-6,8-9H2,1-2H3,(H2,20,21,22,24). The number of hydrogen-bond donors (Lipinski definition) is 2. The number of nitrogens with zero attached hydrogens (tertiary/aromatic N) is 2. The van der Waals surface area contributed by atoms with E-state index in [4.69, 9.17) is 23.2 Å². The summed E-state index contributed by atoms with van der Waals surface area (Å²) in [6.45, 7) is 6.40. The maximum atomic E-state index is 11.8. The van der Waals surface area contributed by atoms with Gasteiger partial charge < -0.3 is 5.32 Å². The lowest BCUT2D eigenvalue weighted by atomic mass is 10.1. The number of aromatic nitrogens is 1. The van der Waals surface area contributed by atoms with Crippen LogP contribution in [0, 0.1) is 0 Å². The van der Waals surface area contributed by atoms with Crippen molar-refractivity contribution in [2.75, 3.05) is 11.9 Å². The molecule has 3 rings (SSSR count). The highest BCUT2D eigenvalue weighted by Crippen LogP contribution is 2.30. The Morgan fingerprint density at radius 2 is 2.16 bits per heavy atom. The zero-order valence-electron chi connectivity index (χ0n) is 14.1. The number of halogens is 2. The van der Waals surface area contributed by atoms with Gasteiger partial charge in [0, 0.05) is 37.0 Å². The molecule has 0 radical (unpaired) electrons. The predicted octanol–water partition coefficient (Wildman–Crippen LogP) is 4.54. The van der Waals surface area contributed by atoms with Gasteiger partial charge in [-0.3, -0.25) is 10.2 Å². The van der Waals surface area contributed by atoms with E-state index in [0.717, 1.165) is 37.3 Å². The fraction of sp³-hybridized carbons (Fsp3) is 0.412. The number of anilines is 1. The van der Waals surface area contributed by atoms with Crippen LogP contribution >= 0.6 is 34.5 Å². The first-order chi connectivity index (χ1) is 11.9. The number of carbonyl (C=O) groups is 1. The molecule has 2 heterocycles. The van der Waals surface area contributed by atoms with Crippen molar-refractivity contribution in [2.45, 2.75) is 39.4 Å². The van der Waals surface area contributed by atoms with Crippen LogP contribution in [-0.4, -0.2) is 28.5 Å². The summed E-state index contributed by atoms with van der Waals surface area (Å²) in [7, 11) is 0. The number of urea groups is 1. The van der Waals surface area contributed by atoms with Crippen molar-refractivity contribution in [1.82, 2.24) is 15.2 Å². The van der Waals surface area contributed by atoms with Crippen molar-refractivity contribution in [3.63, 3.8) is 0 Å². The number of benzene rings is 1. The number of carbonyl (C=O) groups excluding carboxylic acids is 1. The molecule has 0 saturated heterocycles. The highest BCUT2D eigenvalue weighted by molar-refractivity contribution is 7.15. The van der Waals surface area contributed by atoms with Crippen LogP contribution in [0.3, 0.4) is 0 Å². The van der Waals surface area contributed by atoms with E-state index in [1.54, 1.807) is 0 Å². The molecule has 0 bridgehead atoms. The van der Waals surface area contributed by atoms with Crippen LogP contribution in [0.1, 0.15) is 30.0 Å². The molecule has 1 aromatic heterocycles. The minimum atomic E-state index is -0.214. The molecule has 1 aromatic carbocycles. The molecular formula is C17H20Cl2N4OS. The lowest BCUT2D eigenvalue weighted by Crippen LogP contribution is -2.34. The van der Waals surface area contributed by atoms with Crippen molar-refractivity contribution in [3.05, 3.63) is 44.4 Å². The molecule has 134 valence electrons. The summed E-state index contributed by atoms with van der Waals surface area (Å²) in [5.74, 6) is 0. The molecule has 0 saturated carbocycles. The third kappa shape index (κ3) is 4.85. The van der Waals surface area contributed by atoms with Crippen LogP contribution in [0.2, 0.25) is 10.0 Å². The van der Waals surface area contributed by atoms with Crippen molar-refractivity contribution in [2.24, 2.45) is 0 Å². The van der Waals surface area contributed by atoms with E-state index >= 15 is 0 Å². The van der Waals surface area contributed by atoms with Crippen LogP contribution < -0.4 is 10.6 Å². The van der Waals surface area contributed by atoms with Crippen molar-refractivity contribution >= 4 is 45.7 Å². The van der Waals surface area contributed by atoms with Crippen molar-refractivity contribution in [3.8, 4) is 0 Å². The third-order valence-electron chi connectivity index (χ3n) is 3.84. The van der Waals surface area contributed by atoms with Gasteiger partial charge in [-0.1, -0.05) is 29.3 Å². The van der Waals surface area contributed by atoms with Crippen molar-refractivity contribution in [1.29, 1.82) is 0 Å². The first-order valence-electron chi connectivity index (χ1n) is 8.13. The molecule has 8 heteroatoms. The minimum Gasteiger partial charge on any atom is -0.336 e. The highest BCUT2D eigenvalue weighted by atomic mass is 35.5. The number of hydrogen-bond acceptors (Lipinski definition) is 4. The smallest absolute Gasteiger partial charge is 0.321 e. The molecule has 0 unspecified atom stereocenters. The first kappa shape index (κ1) is 18.5. The van der Waals surface area contributed by atoms with Crippen LogP contribution in [0.5, 0.6) is 0 Å². The average molecular weight is 399 g/mol. The summed E-state index contributed by atoms with van der Waals surface area (Å²) in [6.07, 6.45) is 0.876. The summed E-state index contributed by atoms with van der Waals surface area (Å²) >= 11 is 13.6. The molecular weight excluding hydrogens is 379 g/mol. The van der Waals surface area contributed by atoms with Gasteiger partial charge in [0.2, 0.25) is 0 Å². The number of rotatable bonds is 4. The molecule has 0 spiro atoms. The fourth-order valence-corrected chi connectivity index (χ4v) is 4.09. The summed E-state index contributed by atoms with van der Waals surface area (Å²) in [5.41, 5.74) is 2.22. The molecule has 2 N–H and O–H groups in total. The molecule has 5 nitrogen and oxygen atoms in total. The average Bonchev–Trinajstić information content (AvgIpc) is 2.91. The summed E-state index contributed by atoms with van der Waals surface area (Å²) in [5, 5.41) is 7.43. The Morgan fingerprint density at radius 3 is 2.88 bits per heavy atom. The monoisotopic (exact) mass is 398 g/mol. The van der Waals surface area contributed by atoms with E-state index in [2.05, 4.69) is 20.5 Å². The van der Waals surface area contributed by atoms with Gasteiger partial charge in [0.05, 0.1) is 15.7 Å². The second-order valence-corrected chi connectivity index (χ2v) is 8.25. The Morgan fingerprint density at radius 1 is 1.36 bits per heavy atom. The molecule has 0 aliphatic carbocycles. The summed E-state index contributed by atoms with van der Waals surface area (Å²) in [6, 6.07) is 5.62. The Bertz CT molecular complexity index is 778. The van der Waals surface area contributed by atoms with Gasteiger partial charge in [-0.15, -0.1) is 11.3 Å². The molecule has 2 aromatic rings. The lowest BCUT2D eigenvalue weighted by molar-refractivity contribution is 0.247. The Hall–Kier alpha value is -1.34. The lowest BCUT2D eigenvalue weighted by Gasteiger charge is -2.25. The molecule has 1 aliphatic rings. The molecule has 1 aliphatic heterocycles. The van der Waals surface area contributed by atoms with E-state index in [1.807, 2.05) is 32.0 Å². The van der Waals surface area contributed by atoms with E-state index in [9.17, 15) is 4.79 Å². The third-order valence-corrected chi connectivity index (χ3v) is 5.58. The summed E-state index contributed by atoms with van der Waals surface area (Å²) in [4.78, 5) is 19.9. The van der Waals surface area contributed by atoms with Gasteiger partial charge in [-0.25, -0.2) is 9.78 Å². The first-order valence-corrected chi connectivity index (χ1v) is 9.70. The number of fused-ring (bicyclic) bond motifs is 1. The maximum absolute atomic E-state index is 11.8. The molecule has 25 heavy (non-hydrogen) atoms. The Labute approximate surface area is 161 Å². The zero-order valence-corrected chi connectivity index (χ0v) is 16.4. The Kier molecular flexibility index (Phi) is 5.84. The van der Waals surface area contributed by atoms with E-state index in [0.29, 0.717) is 15.2 Å². The van der Waals surface area contributed by atoms with E-state index in [-0.39, 0.29) is 12.1 Å². The number of thiazole rings is 1. The van der Waals surface area contributed by atoms with E-state index < -0.39 is 0 Å². The molecule has 0 fully saturated rings. The number of nitrogens with one attached hydrogen (secondary N) is 2. The van der Waals surface area contributed by atoms with Gasteiger partial charge in [-0.05, 0) is 31.5 Å². The quantitative estimate of drug-likeness (QED) is 0.794. The topological polar surface area (TPSA) is 57.3 Å². The van der Waals surface area contributed by atoms with Gasteiger partial charge >= 0.3 is 6.03 Å². The highest BCUT2D eigenvalue weighted by Gasteiger charge is 2.21. The zero-order chi connectivity index (χ0) is 18.0. The predicted molar refractivity (Wildman–Crippen MR) is 104 cm³/mol. The van der Waals surface area contributed by atoms with Crippen LogP contribution in [0.25, 0.3) is 0 Å². The Balaban J connectivity index is 1.63. The normalized spacial score (nSPS) is 14.4. The summed E-state index contributed by atoms with van der Waals surface area (Å²) < 4.78 is 0. The SMILES string of the molecule is CC(C)NC(=O)Nc1nc2c(s1)CN(Cc1ccc(Cl)c(Cl)c1)CC2. The largest absolute Gasteiger partial charge is 0.336 e. The van der Waals surface area contributed by atoms with Crippen LogP contribution in [0.4, 0.5) is 9.93 Å². The molecule has 0 atom stereocenters. The maximum Gasteiger partial charge on any atom is 0.321 e. The van der Waals surface area contributed by atoms with Gasteiger partial charge in [0.1, 0.15) is 0 Å². The second-order valence-electron chi connectivity index (χ2n) is 6.35.